The van der Waals surface area contributed by atoms with Crippen molar-refractivity contribution in [1.82, 2.24) is 4.90 Å². The number of halogens is 1. The molecule has 1 aliphatic heterocycles. The van der Waals surface area contributed by atoms with Crippen molar-refractivity contribution in [2.75, 3.05) is 5.75 Å². The van der Waals surface area contributed by atoms with Crippen LogP contribution >= 0.6 is 12.2 Å². The lowest BCUT2D eigenvalue weighted by atomic mass is 9.88. The number of ether oxygens (including phenoxy) is 2. The molecule has 1 heterocycles. The Kier molecular flexibility index (Phi) is 9.46. The first-order valence-corrected chi connectivity index (χ1v) is 13.6. The number of benzene rings is 2. The summed E-state index contributed by atoms with van der Waals surface area (Å²) in [5.74, 6) is -1.62. The Bertz CT molecular complexity index is 1350. The van der Waals surface area contributed by atoms with E-state index in [9.17, 15) is 28.3 Å². The highest BCUT2D eigenvalue weighted by atomic mass is 32.2. The van der Waals surface area contributed by atoms with Gasteiger partial charge in [0.2, 0.25) is 16.7 Å². The average molecular weight is 575 g/mol. The summed E-state index contributed by atoms with van der Waals surface area (Å²) < 4.78 is 38.1. The molecule has 12 heteroatoms. The number of β-lactam (4-membered cyclic amide) rings is 1. The van der Waals surface area contributed by atoms with Gasteiger partial charge in [0.1, 0.15) is 29.2 Å². The number of hydrogen-bond donors (Lipinski definition) is 0. The number of nitro benzene ring substituents is 1. The first kappa shape index (κ1) is 29.8. The van der Waals surface area contributed by atoms with Gasteiger partial charge in [0, 0.05) is 34.1 Å². The summed E-state index contributed by atoms with van der Waals surface area (Å²) in [7, 11) is -1.56. The van der Waals surface area contributed by atoms with Crippen LogP contribution in [0.1, 0.15) is 32.8 Å². The van der Waals surface area contributed by atoms with Crippen LogP contribution in [-0.2, 0) is 31.7 Å². The molecule has 39 heavy (non-hydrogen) atoms. The lowest BCUT2D eigenvalue weighted by Gasteiger charge is -2.41. The molecule has 9 nitrogen and oxygen atoms in total. The van der Waals surface area contributed by atoms with Gasteiger partial charge in [0.25, 0.3) is 5.69 Å². The fraction of sp³-hybridized carbons (Fsp3) is 0.296. The van der Waals surface area contributed by atoms with Crippen LogP contribution < -0.4 is 4.74 Å². The Hall–Kier alpha value is -3.77. The van der Waals surface area contributed by atoms with Gasteiger partial charge in [-0.25, -0.2) is 4.39 Å². The molecule has 2 aromatic rings. The van der Waals surface area contributed by atoms with Gasteiger partial charge >= 0.3 is 0 Å². The van der Waals surface area contributed by atoms with E-state index in [4.69, 9.17) is 21.7 Å². The van der Waals surface area contributed by atoms with Crippen LogP contribution in [0.2, 0.25) is 0 Å². The van der Waals surface area contributed by atoms with Gasteiger partial charge in [-0.05, 0) is 54.2 Å². The van der Waals surface area contributed by atoms with E-state index in [1.165, 1.54) is 42.5 Å². The van der Waals surface area contributed by atoms with Crippen molar-refractivity contribution in [3.8, 4) is 5.75 Å². The summed E-state index contributed by atoms with van der Waals surface area (Å²) in [6.45, 7) is 8.39. The Morgan fingerprint density at radius 1 is 1.23 bits per heavy atom. The highest BCUT2D eigenvalue weighted by Crippen LogP contribution is 2.34. The number of Topliss-reactive ketones (excluding diaryl/α,β-unsaturated/α-hetero) is 1. The average Bonchev–Trinajstić information content (AvgIpc) is 2.88. The summed E-state index contributed by atoms with van der Waals surface area (Å²) in [4.78, 5) is 38.1. The number of amides is 1. The number of non-ortho nitro benzene ring substituents is 1. The van der Waals surface area contributed by atoms with Crippen molar-refractivity contribution in [3.63, 3.8) is 0 Å². The SMILES string of the molecule is C=CCS(=O)C1CC(=O)N1C(C(=S)OCc1ccc([N+](=O)[O-])cc1)=C(Oc1ccc(F)cc1)C(=O)C(C)(C)C. The molecule has 206 valence electrons. The molecule has 0 bridgehead atoms. The number of hydrogen-bond acceptors (Lipinski definition) is 8. The third-order valence-corrected chi connectivity index (χ3v) is 7.44. The number of thiocarbonyl (C=S) groups is 1. The molecule has 0 spiro atoms. The van der Waals surface area contributed by atoms with Gasteiger partial charge in [-0.15, -0.1) is 6.58 Å². The van der Waals surface area contributed by atoms with Gasteiger partial charge in [0.05, 0.1) is 11.3 Å². The van der Waals surface area contributed by atoms with Gasteiger partial charge in [0.15, 0.2) is 5.76 Å². The van der Waals surface area contributed by atoms with Crippen LogP contribution in [0.15, 0.2) is 72.6 Å². The Morgan fingerprint density at radius 2 is 1.85 bits per heavy atom. The fourth-order valence-corrected chi connectivity index (χ4v) is 4.98. The third kappa shape index (κ3) is 7.21. The van der Waals surface area contributed by atoms with Gasteiger partial charge in [-0.1, -0.05) is 26.8 Å². The Balaban J connectivity index is 2.09. The number of carbonyl (C=O) groups excluding carboxylic acids is 2. The number of carbonyl (C=O) groups is 2. The molecule has 1 fully saturated rings. The van der Waals surface area contributed by atoms with Crippen molar-refractivity contribution >= 4 is 45.4 Å². The lowest BCUT2D eigenvalue weighted by molar-refractivity contribution is -0.384. The molecule has 0 aliphatic carbocycles. The van der Waals surface area contributed by atoms with E-state index in [1.807, 2.05) is 0 Å². The second kappa shape index (κ2) is 12.4. The van der Waals surface area contributed by atoms with E-state index in [2.05, 4.69) is 6.58 Å². The van der Waals surface area contributed by atoms with E-state index in [0.29, 0.717) is 5.56 Å². The number of nitrogens with zero attached hydrogens (tertiary/aromatic N) is 2. The second-order valence-electron chi connectivity index (χ2n) is 9.57. The summed E-state index contributed by atoms with van der Waals surface area (Å²) in [5.41, 5.74) is -0.744. The molecule has 0 aromatic heterocycles. The van der Waals surface area contributed by atoms with Crippen molar-refractivity contribution < 1.29 is 32.6 Å². The van der Waals surface area contributed by atoms with E-state index < -0.39 is 44.0 Å². The quantitative estimate of drug-likeness (QED) is 0.0702. The largest absolute Gasteiger partial charge is 0.477 e. The second-order valence-corrected chi connectivity index (χ2v) is 11.6. The predicted octanol–water partition coefficient (Wildman–Crippen LogP) is 4.98. The summed E-state index contributed by atoms with van der Waals surface area (Å²) in [5, 5.41) is 9.85. The van der Waals surface area contributed by atoms with Crippen molar-refractivity contribution in [1.29, 1.82) is 0 Å². The molecule has 1 aliphatic rings. The maximum absolute atomic E-state index is 13.6. The van der Waals surface area contributed by atoms with Crippen LogP contribution in [0.25, 0.3) is 0 Å². The molecular weight excluding hydrogens is 547 g/mol. The first-order chi connectivity index (χ1) is 18.3. The van der Waals surface area contributed by atoms with Crippen LogP contribution in [0.3, 0.4) is 0 Å². The molecule has 0 radical (unpaired) electrons. The predicted molar refractivity (Wildman–Crippen MR) is 147 cm³/mol. The summed E-state index contributed by atoms with van der Waals surface area (Å²) >= 11 is 5.54. The molecule has 2 aromatic carbocycles. The van der Waals surface area contributed by atoms with E-state index in [-0.39, 0.29) is 46.7 Å². The van der Waals surface area contributed by atoms with E-state index >= 15 is 0 Å². The van der Waals surface area contributed by atoms with Crippen LogP contribution in [0, 0.1) is 21.3 Å². The number of likely N-dealkylation sites (tertiary alicyclic amines) is 1. The minimum absolute atomic E-state index is 0.0531. The van der Waals surface area contributed by atoms with Crippen molar-refractivity contribution in [3.05, 3.63) is 94.1 Å². The van der Waals surface area contributed by atoms with Gasteiger partial charge in [-0.2, -0.15) is 0 Å². The highest BCUT2D eigenvalue weighted by molar-refractivity contribution is 7.85. The molecule has 2 unspecified atom stereocenters. The summed E-state index contributed by atoms with van der Waals surface area (Å²) in [6.07, 6.45) is 1.41. The van der Waals surface area contributed by atoms with Gasteiger partial charge < -0.3 is 9.47 Å². The van der Waals surface area contributed by atoms with Crippen molar-refractivity contribution in [2.45, 2.75) is 39.2 Å². The molecule has 0 N–H and O–H groups in total. The normalized spacial score (nSPS) is 16.5. The first-order valence-electron chi connectivity index (χ1n) is 11.8. The number of allylic oxidation sites excluding steroid dienone is 1. The summed E-state index contributed by atoms with van der Waals surface area (Å²) in [6, 6.07) is 10.5. The zero-order valence-corrected chi connectivity index (χ0v) is 23.2. The monoisotopic (exact) mass is 574 g/mol. The Morgan fingerprint density at radius 3 is 2.36 bits per heavy atom. The fourth-order valence-electron chi connectivity index (χ4n) is 3.49. The van der Waals surface area contributed by atoms with Crippen LogP contribution in [0.4, 0.5) is 10.1 Å². The van der Waals surface area contributed by atoms with E-state index in [0.717, 1.165) is 17.0 Å². The number of rotatable bonds is 11. The zero-order valence-electron chi connectivity index (χ0n) is 21.5. The molecule has 3 rings (SSSR count). The molecule has 2 atom stereocenters. The molecule has 1 amide bonds. The van der Waals surface area contributed by atoms with Crippen molar-refractivity contribution in [2.24, 2.45) is 5.41 Å². The maximum atomic E-state index is 13.6. The highest BCUT2D eigenvalue weighted by Gasteiger charge is 2.47. The molecule has 0 saturated carbocycles. The van der Waals surface area contributed by atoms with E-state index in [1.54, 1.807) is 20.8 Å². The Labute approximate surface area is 232 Å². The molecular formula is C27H27FN2O7S2. The minimum Gasteiger partial charge on any atom is -0.477 e. The topological polar surface area (TPSA) is 116 Å². The smallest absolute Gasteiger partial charge is 0.269 e. The lowest BCUT2D eigenvalue weighted by Crippen LogP contribution is -2.56. The van der Waals surface area contributed by atoms with Crippen LogP contribution in [-0.4, -0.2) is 41.9 Å². The van der Waals surface area contributed by atoms with Gasteiger partial charge in [-0.3, -0.25) is 28.8 Å². The van der Waals surface area contributed by atoms with Crippen LogP contribution in [0.5, 0.6) is 5.75 Å². The zero-order chi connectivity index (χ0) is 28.9. The standard InChI is InChI=1S/C27H27FN2O7S2/c1-5-14-39(35)22-15-21(31)29(22)23(26(38)36-16-17-6-10-19(11-7-17)30(33)34)24(25(32)27(2,3)4)37-20-12-8-18(28)9-13-20/h5-13,22H,1,14-16H2,2-4H3. The minimum atomic E-state index is -1.56. The third-order valence-electron chi connectivity index (χ3n) is 5.58. The number of nitro groups is 1. The maximum Gasteiger partial charge on any atom is 0.269 e. The number of ketones is 1. The molecule has 1 saturated heterocycles.